The van der Waals surface area contributed by atoms with Crippen molar-refractivity contribution in [2.75, 3.05) is 19.8 Å². The van der Waals surface area contributed by atoms with Crippen LogP contribution in [0.5, 0.6) is 11.5 Å². The second kappa shape index (κ2) is 4.42. The molecule has 4 heteroatoms. The van der Waals surface area contributed by atoms with Gasteiger partial charge in [-0.3, -0.25) is 0 Å². The van der Waals surface area contributed by atoms with Crippen LogP contribution in [0.1, 0.15) is 30.4 Å². The van der Waals surface area contributed by atoms with Crippen molar-refractivity contribution in [2.24, 2.45) is 5.73 Å². The van der Waals surface area contributed by atoms with Gasteiger partial charge >= 0.3 is 0 Å². The second-order valence-electron chi connectivity index (χ2n) is 5.22. The standard InChI is InChI=1S/C14H18BrNO2/c1-9-12(14(8-16)3-4-14)10(15)7-11-13(9)18-6-2-5-17-11/h7H,2-6,8,16H2,1H3. The number of nitrogens with two attached hydrogens (primary N) is 1. The van der Waals surface area contributed by atoms with Crippen molar-refractivity contribution in [3.63, 3.8) is 0 Å². The summed E-state index contributed by atoms with van der Waals surface area (Å²) in [5, 5.41) is 0. The lowest BCUT2D eigenvalue weighted by molar-refractivity contribution is 0.296. The zero-order valence-corrected chi connectivity index (χ0v) is 12.2. The third-order valence-corrected chi connectivity index (χ3v) is 4.63. The van der Waals surface area contributed by atoms with Gasteiger partial charge in [0.15, 0.2) is 11.5 Å². The maximum absolute atomic E-state index is 5.95. The molecule has 1 heterocycles. The van der Waals surface area contributed by atoms with Crippen LogP contribution in [0.25, 0.3) is 0 Å². The van der Waals surface area contributed by atoms with E-state index in [0.717, 1.165) is 35.6 Å². The zero-order chi connectivity index (χ0) is 12.8. The monoisotopic (exact) mass is 311 g/mol. The third kappa shape index (κ3) is 1.82. The zero-order valence-electron chi connectivity index (χ0n) is 10.6. The van der Waals surface area contributed by atoms with Gasteiger partial charge in [-0.25, -0.2) is 0 Å². The molecule has 1 fully saturated rings. The van der Waals surface area contributed by atoms with E-state index >= 15 is 0 Å². The summed E-state index contributed by atoms with van der Waals surface area (Å²) < 4.78 is 12.7. The molecular formula is C14H18BrNO2. The van der Waals surface area contributed by atoms with Gasteiger partial charge in [0.2, 0.25) is 0 Å². The van der Waals surface area contributed by atoms with E-state index in [4.69, 9.17) is 15.2 Å². The summed E-state index contributed by atoms with van der Waals surface area (Å²) in [7, 11) is 0. The Kier molecular flexibility index (Phi) is 3.02. The number of rotatable bonds is 2. The Morgan fingerprint density at radius 3 is 2.72 bits per heavy atom. The van der Waals surface area contributed by atoms with Crippen molar-refractivity contribution in [2.45, 2.75) is 31.6 Å². The lowest BCUT2D eigenvalue weighted by atomic mass is 9.91. The van der Waals surface area contributed by atoms with Gasteiger partial charge in [0.25, 0.3) is 0 Å². The molecule has 0 unspecified atom stereocenters. The van der Waals surface area contributed by atoms with E-state index in [2.05, 4.69) is 22.9 Å². The van der Waals surface area contributed by atoms with Crippen LogP contribution in [0.3, 0.4) is 0 Å². The fourth-order valence-electron chi connectivity index (χ4n) is 2.79. The first-order chi connectivity index (χ1) is 8.68. The van der Waals surface area contributed by atoms with Gasteiger partial charge in [-0.15, -0.1) is 0 Å². The van der Waals surface area contributed by atoms with Gasteiger partial charge in [0, 0.05) is 22.9 Å². The molecule has 1 aromatic carbocycles. The Bertz CT molecular complexity index is 483. The highest BCUT2D eigenvalue weighted by atomic mass is 79.9. The maximum Gasteiger partial charge on any atom is 0.164 e. The van der Waals surface area contributed by atoms with Crippen molar-refractivity contribution in [3.8, 4) is 11.5 Å². The molecule has 18 heavy (non-hydrogen) atoms. The minimum absolute atomic E-state index is 0.160. The summed E-state index contributed by atoms with van der Waals surface area (Å²) >= 11 is 3.68. The highest BCUT2D eigenvalue weighted by Crippen LogP contribution is 2.54. The highest BCUT2D eigenvalue weighted by molar-refractivity contribution is 9.10. The van der Waals surface area contributed by atoms with Crippen LogP contribution in [-0.4, -0.2) is 19.8 Å². The van der Waals surface area contributed by atoms with E-state index < -0.39 is 0 Å². The van der Waals surface area contributed by atoms with Gasteiger partial charge in [-0.2, -0.15) is 0 Å². The summed E-state index contributed by atoms with van der Waals surface area (Å²) in [5.74, 6) is 1.76. The van der Waals surface area contributed by atoms with Crippen molar-refractivity contribution in [1.29, 1.82) is 0 Å². The van der Waals surface area contributed by atoms with Crippen LogP contribution >= 0.6 is 15.9 Å². The van der Waals surface area contributed by atoms with Crippen molar-refractivity contribution >= 4 is 15.9 Å². The molecule has 1 aliphatic carbocycles. The van der Waals surface area contributed by atoms with Crippen LogP contribution in [0, 0.1) is 6.92 Å². The minimum Gasteiger partial charge on any atom is -0.490 e. The van der Waals surface area contributed by atoms with E-state index in [0.29, 0.717) is 6.54 Å². The molecule has 0 bridgehead atoms. The first-order valence-corrected chi connectivity index (χ1v) is 7.26. The normalized spacial score (nSPS) is 20.4. The fourth-order valence-corrected chi connectivity index (χ4v) is 3.72. The lowest BCUT2D eigenvalue weighted by Gasteiger charge is -2.21. The molecule has 0 aromatic heterocycles. The van der Waals surface area contributed by atoms with Gasteiger partial charge < -0.3 is 15.2 Å². The number of halogens is 1. The molecule has 2 N–H and O–H groups in total. The molecule has 1 saturated carbocycles. The number of hydrogen-bond acceptors (Lipinski definition) is 3. The summed E-state index contributed by atoms with van der Waals surface area (Å²) in [5.41, 5.74) is 8.61. The molecule has 0 radical (unpaired) electrons. The van der Waals surface area contributed by atoms with Crippen molar-refractivity contribution < 1.29 is 9.47 Å². The number of hydrogen-bond donors (Lipinski definition) is 1. The molecule has 0 saturated heterocycles. The van der Waals surface area contributed by atoms with Crippen molar-refractivity contribution in [1.82, 2.24) is 0 Å². The summed E-state index contributed by atoms with van der Waals surface area (Å²) in [6, 6.07) is 2.04. The minimum atomic E-state index is 0.160. The lowest BCUT2D eigenvalue weighted by Crippen LogP contribution is -2.21. The van der Waals surface area contributed by atoms with E-state index in [1.54, 1.807) is 0 Å². The van der Waals surface area contributed by atoms with E-state index in [9.17, 15) is 0 Å². The van der Waals surface area contributed by atoms with Gasteiger partial charge in [0.05, 0.1) is 13.2 Å². The van der Waals surface area contributed by atoms with E-state index in [1.807, 2.05) is 6.07 Å². The summed E-state index contributed by atoms with van der Waals surface area (Å²) in [6.07, 6.45) is 3.27. The Labute approximate surface area is 116 Å². The molecular weight excluding hydrogens is 294 g/mol. The first kappa shape index (κ1) is 12.3. The molecule has 1 aliphatic heterocycles. The SMILES string of the molecule is Cc1c2c(cc(Br)c1C1(CN)CC1)OCCCO2. The molecule has 1 aromatic rings. The van der Waals surface area contributed by atoms with Gasteiger partial charge in [-0.1, -0.05) is 15.9 Å². The number of fused-ring (bicyclic) bond motifs is 1. The van der Waals surface area contributed by atoms with Gasteiger partial charge in [-0.05, 0) is 37.0 Å². The van der Waals surface area contributed by atoms with Crippen molar-refractivity contribution in [3.05, 3.63) is 21.7 Å². The highest BCUT2D eigenvalue weighted by Gasteiger charge is 2.46. The van der Waals surface area contributed by atoms with Crippen LogP contribution in [0.2, 0.25) is 0 Å². The van der Waals surface area contributed by atoms with Crippen LogP contribution in [0.15, 0.2) is 10.5 Å². The molecule has 0 atom stereocenters. The molecule has 2 aliphatic rings. The Balaban J connectivity index is 2.13. The molecule has 3 rings (SSSR count). The quantitative estimate of drug-likeness (QED) is 0.913. The maximum atomic E-state index is 5.95. The van der Waals surface area contributed by atoms with Crippen LogP contribution in [0.4, 0.5) is 0 Å². The molecule has 0 amide bonds. The predicted octanol–water partition coefficient (Wildman–Crippen LogP) is 2.91. The largest absolute Gasteiger partial charge is 0.490 e. The average molecular weight is 312 g/mol. The predicted molar refractivity (Wildman–Crippen MR) is 74.5 cm³/mol. The summed E-state index contributed by atoms with van der Waals surface area (Å²) in [6.45, 7) is 4.26. The fraction of sp³-hybridized carbons (Fsp3) is 0.571. The molecule has 0 spiro atoms. The second-order valence-corrected chi connectivity index (χ2v) is 6.07. The summed E-state index contributed by atoms with van der Waals surface area (Å²) in [4.78, 5) is 0. The Hall–Kier alpha value is -0.740. The number of benzene rings is 1. The molecule has 98 valence electrons. The topological polar surface area (TPSA) is 44.5 Å². The third-order valence-electron chi connectivity index (χ3n) is 4.00. The smallest absolute Gasteiger partial charge is 0.164 e. The van der Waals surface area contributed by atoms with E-state index in [-0.39, 0.29) is 5.41 Å². The van der Waals surface area contributed by atoms with Crippen LogP contribution in [-0.2, 0) is 5.41 Å². The van der Waals surface area contributed by atoms with E-state index in [1.165, 1.54) is 24.0 Å². The number of ether oxygens (including phenoxy) is 2. The Morgan fingerprint density at radius 1 is 1.33 bits per heavy atom. The average Bonchev–Trinajstić information content (AvgIpc) is 3.13. The molecule has 3 nitrogen and oxygen atoms in total. The first-order valence-electron chi connectivity index (χ1n) is 6.47. The van der Waals surface area contributed by atoms with Gasteiger partial charge in [0.1, 0.15) is 0 Å². The Morgan fingerprint density at radius 2 is 2.06 bits per heavy atom. The van der Waals surface area contributed by atoms with Crippen LogP contribution < -0.4 is 15.2 Å².